The third-order valence-electron chi connectivity index (χ3n) is 2.81. The number of aromatic nitrogens is 4. The number of hydrogen-bond acceptors (Lipinski definition) is 6. The minimum atomic E-state index is -4.54. The van der Waals surface area contributed by atoms with Crippen LogP contribution in [0.25, 0.3) is 5.69 Å². The molecule has 24 heavy (non-hydrogen) atoms. The lowest BCUT2D eigenvalue weighted by molar-refractivity contribution is -0.143. The van der Waals surface area contributed by atoms with Gasteiger partial charge in [0, 0.05) is 0 Å². The van der Waals surface area contributed by atoms with Gasteiger partial charge in [0.25, 0.3) is 5.91 Å². The number of rotatable bonds is 5. The summed E-state index contributed by atoms with van der Waals surface area (Å²) < 4.78 is 42.3. The van der Waals surface area contributed by atoms with Gasteiger partial charge in [0.05, 0.1) is 11.3 Å². The predicted molar refractivity (Wildman–Crippen MR) is 73.1 cm³/mol. The normalized spacial score (nSPS) is 12.5. The first-order chi connectivity index (χ1) is 11.3. The molecule has 2 rings (SSSR count). The molecular formula is C13H12F3N5O3. The molecule has 0 radical (unpaired) electrons. The zero-order chi connectivity index (χ0) is 17.7. The van der Waals surface area contributed by atoms with Gasteiger partial charge in [0.15, 0.2) is 6.10 Å². The number of amides is 1. The van der Waals surface area contributed by atoms with Crippen LogP contribution in [0.4, 0.5) is 13.2 Å². The fourth-order valence-electron chi connectivity index (χ4n) is 1.67. The SMILES string of the molecule is C[C@@H](OC(=O)c1cccc(-n2cnnn2)c1)C(=O)NCC(F)(F)F. The van der Waals surface area contributed by atoms with Crippen LogP contribution in [0.1, 0.15) is 17.3 Å². The van der Waals surface area contributed by atoms with Crippen LogP contribution in [0.2, 0.25) is 0 Å². The molecule has 0 spiro atoms. The number of carbonyl (C=O) groups is 2. The molecule has 1 aromatic carbocycles. The van der Waals surface area contributed by atoms with Crippen molar-refractivity contribution in [3.05, 3.63) is 36.2 Å². The molecule has 128 valence electrons. The van der Waals surface area contributed by atoms with Gasteiger partial charge in [-0.15, -0.1) is 5.10 Å². The first kappa shape index (κ1) is 17.4. The van der Waals surface area contributed by atoms with E-state index >= 15 is 0 Å². The summed E-state index contributed by atoms with van der Waals surface area (Å²) in [6.45, 7) is -0.322. The van der Waals surface area contributed by atoms with Crippen LogP contribution in [0.3, 0.4) is 0 Å². The highest BCUT2D eigenvalue weighted by Crippen LogP contribution is 2.13. The second kappa shape index (κ2) is 7.06. The number of benzene rings is 1. The van der Waals surface area contributed by atoms with Gasteiger partial charge in [0.2, 0.25) is 0 Å². The average Bonchev–Trinajstić information content (AvgIpc) is 3.06. The lowest BCUT2D eigenvalue weighted by Crippen LogP contribution is -2.40. The van der Waals surface area contributed by atoms with E-state index in [-0.39, 0.29) is 5.56 Å². The van der Waals surface area contributed by atoms with Crippen LogP contribution in [0.15, 0.2) is 30.6 Å². The quantitative estimate of drug-likeness (QED) is 0.810. The zero-order valence-electron chi connectivity index (χ0n) is 12.3. The maximum Gasteiger partial charge on any atom is 0.405 e. The van der Waals surface area contributed by atoms with E-state index in [1.54, 1.807) is 17.4 Å². The zero-order valence-corrected chi connectivity index (χ0v) is 12.3. The van der Waals surface area contributed by atoms with Crippen molar-refractivity contribution in [2.24, 2.45) is 0 Å². The molecule has 1 N–H and O–H groups in total. The molecule has 0 aliphatic heterocycles. The summed E-state index contributed by atoms with van der Waals surface area (Å²) in [5.41, 5.74) is 0.571. The summed E-state index contributed by atoms with van der Waals surface area (Å²) >= 11 is 0. The lowest BCUT2D eigenvalue weighted by Gasteiger charge is -2.14. The van der Waals surface area contributed by atoms with Crippen molar-refractivity contribution in [3.8, 4) is 5.69 Å². The molecule has 0 fully saturated rings. The van der Waals surface area contributed by atoms with E-state index in [1.165, 1.54) is 30.1 Å². The smallest absolute Gasteiger partial charge is 0.405 e. The molecule has 0 aliphatic rings. The topological polar surface area (TPSA) is 99.0 Å². The molecule has 0 saturated carbocycles. The standard InChI is InChI=1S/C13H12F3N5O3/c1-8(11(22)17-6-13(14,15)16)24-12(23)9-3-2-4-10(5-9)21-7-18-19-20-21/h2-5,7-8H,6H2,1H3,(H,17,22)/t8-/m1/s1. The molecule has 1 aromatic heterocycles. The maximum atomic E-state index is 12.0. The molecule has 1 amide bonds. The number of alkyl halides is 3. The van der Waals surface area contributed by atoms with E-state index in [0.717, 1.165) is 0 Å². The Morgan fingerprint density at radius 3 is 2.75 bits per heavy atom. The number of nitrogens with one attached hydrogen (secondary N) is 1. The first-order valence-electron chi connectivity index (χ1n) is 6.65. The number of tetrazole rings is 1. The molecular weight excluding hydrogens is 331 g/mol. The molecule has 0 aliphatic carbocycles. The minimum absolute atomic E-state index is 0.0958. The van der Waals surface area contributed by atoms with Crippen molar-refractivity contribution in [1.82, 2.24) is 25.5 Å². The van der Waals surface area contributed by atoms with Crippen LogP contribution in [0, 0.1) is 0 Å². The molecule has 11 heteroatoms. The Balaban J connectivity index is 1.99. The highest BCUT2D eigenvalue weighted by atomic mass is 19.4. The maximum absolute atomic E-state index is 12.0. The number of nitrogens with zero attached hydrogens (tertiary/aromatic N) is 4. The summed E-state index contributed by atoms with van der Waals surface area (Å²) in [4.78, 5) is 23.5. The van der Waals surface area contributed by atoms with Crippen LogP contribution in [0.5, 0.6) is 0 Å². The number of halogens is 3. The Kier molecular flexibility index (Phi) is 5.11. The van der Waals surface area contributed by atoms with E-state index in [2.05, 4.69) is 15.5 Å². The second-order valence-electron chi connectivity index (χ2n) is 4.69. The number of hydrogen-bond donors (Lipinski definition) is 1. The summed E-state index contributed by atoms with van der Waals surface area (Å²) in [5, 5.41) is 12.2. The number of carbonyl (C=O) groups excluding carboxylic acids is 2. The fourth-order valence-corrected chi connectivity index (χ4v) is 1.67. The van der Waals surface area contributed by atoms with Gasteiger partial charge in [-0.1, -0.05) is 6.07 Å². The van der Waals surface area contributed by atoms with E-state index in [4.69, 9.17) is 4.74 Å². The first-order valence-corrected chi connectivity index (χ1v) is 6.65. The van der Waals surface area contributed by atoms with Gasteiger partial charge in [-0.2, -0.15) is 13.2 Å². The van der Waals surface area contributed by atoms with Gasteiger partial charge in [-0.3, -0.25) is 4.79 Å². The number of ether oxygens (including phenoxy) is 1. The van der Waals surface area contributed by atoms with Crippen molar-refractivity contribution in [1.29, 1.82) is 0 Å². The highest BCUT2D eigenvalue weighted by molar-refractivity contribution is 5.92. The van der Waals surface area contributed by atoms with E-state index < -0.39 is 30.7 Å². The largest absolute Gasteiger partial charge is 0.449 e. The third-order valence-corrected chi connectivity index (χ3v) is 2.81. The van der Waals surface area contributed by atoms with E-state index in [9.17, 15) is 22.8 Å². The summed E-state index contributed by atoms with van der Waals surface area (Å²) in [5.74, 6) is -1.91. The number of esters is 1. The molecule has 1 heterocycles. The van der Waals surface area contributed by atoms with Crippen LogP contribution in [-0.4, -0.2) is 50.9 Å². The molecule has 1 atom stereocenters. The van der Waals surface area contributed by atoms with Crippen molar-refractivity contribution >= 4 is 11.9 Å². The summed E-state index contributed by atoms with van der Waals surface area (Å²) in [6, 6.07) is 6.02. The second-order valence-corrected chi connectivity index (χ2v) is 4.69. The van der Waals surface area contributed by atoms with Crippen molar-refractivity contribution < 1.29 is 27.5 Å². The molecule has 0 saturated heterocycles. The van der Waals surface area contributed by atoms with E-state index in [1.807, 2.05) is 0 Å². The highest BCUT2D eigenvalue weighted by Gasteiger charge is 2.29. The Morgan fingerprint density at radius 2 is 2.12 bits per heavy atom. The Bertz CT molecular complexity index is 718. The average molecular weight is 343 g/mol. The van der Waals surface area contributed by atoms with Crippen molar-refractivity contribution in [3.63, 3.8) is 0 Å². The minimum Gasteiger partial charge on any atom is -0.449 e. The molecule has 8 nitrogen and oxygen atoms in total. The van der Waals surface area contributed by atoms with Crippen LogP contribution >= 0.6 is 0 Å². The monoisotopic (exact) mass is 343 g/mol. The van der Waals surface area contributed by atoms with Gasteiger partial charge in [0.1, 0.15) is 12.9 Å². The Morgan fingerprint density at radius 1 is 1.38 bits per heavy atom. The fraction of sp³-hybridized carbons (Fsp3) is 0.308. The van der Waals surface area contributed by atoms with Crippen molar-refractivity contribution in [2.75, 3.05) is 6.54 Å². The van der Waals surface area contributed by atoms with Gasteiger partial charge in [-0.25, -0.2) is 9.48 Å². The van der Waals surface area contributed by atoms with E-state index in [0.29, 0.717) is 5.69 Å². The summed E-state index contributed by atoms with van der Waals surface area (Å²) in [6.07, 6.45) is -4.60. The Labute approximate surface area is 133 Å². The van der Waals surface area contributed by atoms with Gasteiger partial charge < -0.3 is 10.1 Å². The van der Waals surface area contributed by atoms with Gasteiger partial charge >= 0.3 is 12.1 Å². The van der Waals surface area contributed by atoms with Crippen molar-refractivity contribution in [2.45, 2.75) is 19.2 Å². The predicted octanol–water partition coefficient (Wildman–Crippen LogP) is 0.886. The molecule has 0 bridgehead atoms. The van der Waals surface area contributed by atoms with Gasteiger partial charge in [-0.05, 0) is 35.5 Å². The third kappa shape index (κ3) is 4.76. The summed E-state index contributed by atoms with van der Waals surface area (Å²) in [7, 11) is 0. The molecule has 2 aromatic rings. The Hall–Kier alpha value is -2.98. The van der Waals surface area contributed by atoms with Crippen LogP contribution in [-0.2, 0) is 9.53 Å². The lowest BCUT2D eigenvalue weighted by atomic mass is 10.2. The molecule has 0 unspecified atom stereocenters. The van der Waals surface area contributed by atoms with Crippen LogP contribution < -0.4 is 5.32 Å².